The molecule has 0 bridgehead atoms. The summed E-state index contributed by atoms with van der Waals surface area (Å²) < 4.78 is 0. The van der Waals surface area contributed by atoms with Crippen LogP contribution in [0.1, 0.15) is 37.3 Å². The van der Waals surface area contributed by atoms with Crippen LogP contribution in [0.2, 0.25) is 0 Å². The summed E-state index contributed by atoms with van der Waals surface area (Å²) in [6.45, 7) is 4.67. The average molecular weight is 364 g/mol. The minimum atomic E-state index is -0.927. The van der Waals surface area contributed by atoms with Crippen LogP contribution < -0.4 is 4.90 Å². The standard InChI is InChI=1S/C23H28N2O2/c1-2-15-24-16-7-14-23(17-24,22(26)27)25-20-10-5-3-8-18(20)12-13-19-9-4-6-11-21(19)25/h3-6,8-11H,2,7,12-17H2,1H3,(H,26,27). The molecule has 4 nitrogen and oxygen atoms in total. The summed E-state index contributed by atoms with van der Waals surface area (Å²) in [7, 11) is 0. The molecule has 2 aromatic rings. The summed E-state index contributed by atoms with van der Waals surface area (Å²) in [4.78, 5) is 17.3. The SMILES string of the molecule is CCCN1CCCC(C(=O)O)(N2c3ccccc3CCc3ccccc32)C1. The number of hydrogen-bond acceptors (Lipinski definition) is 3. The van der Waals surface area contributed by atoms with Crippen LogP contribution in [0.25, 0.3) is 0 Å². The van der Waals surface area contributed by atoms with Crippen LogP contribution in [0, 0.1) is 0 Å². The number of benzene rings is 2. The number of aryl methyl sites for hydroxylation is 2. The Balaban J connectivity index is 1.90. The van der Waals surface area contributed by atoms with Gasteiger partial charge in [0.25, 0.3) is 0 Å². The van der Waals surface area contributed by atoms with E-state index in [2.05, 4.69) is 53.1 Å². The third-order valence-electron chi connectivity index (χ3n) is 6.04. The number of carboxylic acid groups (broad SMARTS) is 1. The molecule has 0 aromatic heterocycles. The van der Waals surface area contributed by atoms with Crippen molar-refractivity contribution in [3.63, 3.8) is 0 Å². The van der Waals surface area contributed by atoms with Crippen molar-refractivity contribution < 1.29 is 9.90 Å². The van der Waals surface area contributed by atoms with Gasteiger partial charge in [-0.25, -0.2) is 4.79 Å². The third kappa shape index (κ3) is 3.12. The van der Waals surface area contributed by atoms with Gasteiger partial charge in [0.1, 0.15) is 0 Å². The number of fused-ring (bicyclic) bond motifs is 2. The molecule has 2 aromatic carbocycles. The Morgan fingerprint density at radius 3 is 2.19 bits per heavy atom. The van der Waals surface area contributed by atoms with Gasteiger partial charge in [-0.05, 0) is 68.5 Å². The minimum Gasteiger partial charge on any atom is -0.479 e. The van der Waals surface area contributed by atoms with Gasteiger partial charge in [0, 0.05) is 17.9 Å². The first-order valence-electron chi connectivity index (χ1n) is 10.1. The quantitative estimate of drug-likeness (QED) is 0.881. The predicted octanol–water partition coefficient (Wildman–Crippen LogP) is 4.25. The first kappa shape index (κ1) is 18.1. The van der Waals surface area contributed by atoms with E-state index in [0.717, 1.165) is 50.1 Å². The van der Waals surface area contributed by atoms with Crippen molar-refractivity contribution in [2.45, 2.75) is 44.6 Å². The lowest BCUT2D eigenvalue weighted by Gasteiger charge is -2.48. The number of aliphatic carboxylic acids is 1. The molecule has 0 aliphatic carbocycles. The van der Waals surface area contributed by atoms with Crippen LogP contribution in [0.5, 0.6) is 0 Å². The molecule has 0 amide bonds. The van der Waals surface area contributed by atoms with E-state index in [1.54, 1.807) is 0 Å². The van der Waals surface area contributed by atoms with Crippen LogP contribution >= 0.6 is 0 Å². The summed E-state index contributed by atoms with van der Waals surface area (Å²) in [6.07, 6.45) is 4.51. The number of piperidine rings is 1. The number of para-hydroxylation sites is 2. The van der Waals surface area contributed by atoms with Gasteiger partial charge in [-0.2, -0.15) is 0 Å². The van der Waals surface area contributed by atoms with Crippen molar-refractivity contribution in [2.75, 3.05) is 24.5 Å². The van der Waals surface area contributed by atoms with Crippen molar-refractivity contribution >= 4 is 17.3 Å². The molecule has 0 radical (unpaired) electrons. The number of nitrogens with zero attached hydrogens (tertiary/aromatic N) is 2. The van der Waals surface area contributed by atoms with Crippen molar-refractivity contribution in [1.29, 1.82) is 0 Å². The van der Waals surface area contributed by atoms with Crippen LogP contribution in [-0.2, 0) is 17.6 Å². The number of carbonyl (C=O) groups is 1. The molecule has 2 heterocycles. The lowest BCUT2D eigenvalue weighted by Crippen LogP contribution is -2.62. The summed E-state index contributed by atoms with van der Waals surface area (Å²) in [5.41, 5.74) is 3.67. The second-order valence-corrected chi connectivity index (χ2v) is 7.81. The Morgan fingerprint density at radius 1 is 1.04 bits per heavy atom. The molecule has 2 aliphatic rings. The first-order valence-corrected chi connectivity index (χ1v) is 10.1. The monoisotopic (exact) mass is 364 g/mol. The number of carboxylic acids is 1. The van der Waals surface area contributed by atoms with E-state index in [1.165, 1.54) is 11.1 Å². The molecule has 1 atom stereocenters. The fourth-order valence-corrected chi connectivity index (χ4v) is 4.82. The smallest absolute Gasteiger partial charge is 0.331 e. The van der Waals surface area contributed by atoms with E-state index in [-0.39, 0.29) is 0 Å². The summed E-state index contributed by atoms with van der Waals surface area (Å²) in [6, 6.07) is 16.7. The van der Waals surface area contributed by atoms with E-state index in [9.17, 15) is 9.90 Å². The molecule has 4 heteroatoms. The molecule has 2 aliphatic heterocycles. The van der Waals surface area contributed by atoms with Gasteiger partial charge in [-0.1, -0.05) is 43.3 Å². The Labute approximate surface area is 161 Å². The highest BCUT2D eigenvalue weighted by Crippen LogP contribution is 2.44. The minimum absolute atomic E-state index is 0.568. The third-order valence-corrected chi connectivity index (χ3v) is 6.04. The van der Waals surface area contributed by atoms with Crippen LogP contribution in [0.15, 0.2) is 48.5 Å². The fraction of sp³-hybridized carbons (Fsp3) is 0.435. The number of likely N-dealkylation sites (tertiary alicyclic amines) is 1. The van der Waals surface area contributed by atoms with Crippen molar-refractivity contribution in [3.8, 4) is 0 Å². The van der Waals surface area contributed by atoms with Crippen molar-refractivity contribution in [1.82, 2.24) is 4.90 Å². The lowest BCUT2D eigenvalue weighted by molar-refractivity contribution is -0.145. The van der Waals surface area contributed by atoms with Gasteiger partial charge in [0.2, 0.25) is 0 Å². The van der Waals surface area contributed by atoms with Crippen LogP contribution in [0.4, 0.5) is 11.4 Å². The number of rotatable bonds is 4. The normalized spacial score (nSPS) is 22.6. The highest BCUT2D eigenvalue weighted by Gasteiger charge is 2.49. The summed E-state index contributed by atoms with van der Waals surface area (Å²) in [5.74, 6) is -0.713. The van der Waals surface area contributed by atoms with Crippen LogP contribution in [-0.4, -0.2) is 41.1 Å². The van der Waals surface area contributed by atoms with Gasteiger partial charge in [0.15, 0.2) is 5.54 Å². The predicted molar refractivity (Wildman–Crippen MR) is 109 cm³/mol. The zero-order chi connectivity index (χ0) is 18.9. The average Bonchev–Trinajstić information content (AvgIpc) is 2.85. The molecule has 0 saturated carbocycles. The second kappa shape index (κ2) is 7.35. The maximum absolute atomic E-state index is 12.8. The second-order valence-electron chi connectivity index (χ2n) is 7.81. The van der Waals surface area contributed by atoms with Gasteiger partial charge < -0.3 is 14.9 Å². The summed E-state index contributed by atoms with van der Waals surface area (Å²) in [5, 5.41) is 10.5. The number of hydrogen-bond donors (Lipinski definition) is 1. The molecule has 0 spiro atoms. The molecule has 1 fully saturated rings. The Kier molecular flexibility index (Phi) is 4.92. The Bertz CT molecular complexity index is 785. The molecule has 1 N–H and O–H groups in total. The molecular weight excluding hydrogens is 336 g/mol. The van der Waals surface area contributed by atoms with E-state index in [1.807, 2.05) is 12.1 Å². The Morgan fingerprint density at radius 2 is 1.63 bits per heavy atom. The zero-order valence-electron chi connectivity index (χ0n) is 16.0. The molecule has 142 valence electrons. The van der Waals surface area contributed by atoms with E-state index in [0.29, 0.717) is 13.0 Å². The molecule has 27 heavy (non-hydrogen) atoms. The Hall–Kier alpha value is -2.33. The van der Waals surface area contributed by atoms with Gasteiger partial charge in [0.05, 0.1) is 0 Å². The fourth-order valence-electron chi connectivity index (χ4n) is 4.82. The van der Waals surface area contributed by atoms with Gasteiger partial charge in [-0.15, -0.1) is 0 Å². The first-order chi connectivity index (χ1) is 13.2. The topological polar surface area (TPSA) is 43.8 Å². The lowest BCUT2D eigenvalue weighted by atomic mass is 9.85. The molecule has 1 saturated heterocycles. The highest BCUT2D eigenvalue weighted by molar-refractivity contribution is 5.90. The highest BCUT2D eigenvalue weighted by atomic mass is 16.4. The van der Waals surface area contributed by atoms with Gasteiger partial charge in [-0.3, -0.25) is 0 Å². The van der Waals surface area contributed by atoms with E-state index in [4.69, 9.17) is 0 Å². The maximum atomic E-state index is 12.8. The largest absolute Gasteiger partial charge is 0.479 e. The molecule has 4 rings (SSSR count). The molecular formula is C23H28N2O2. The zero-order valence-corrected chi connectivity index (χ0v) is 16.0. The van der Waals surface area contributed by atoms with Crippen molar-refractivity contribution in [3.05, 3.63) is 59.7 Å². The number of anilines is 2. The summed E-state index contributed by atoms with van der Waals surface area (Å²) >= 11 is 0. The maximum Gasteiger partial charge on any atom is 0.331 e. The van der Waals surface area contributed by atoms with Gasteiger partial charge >= 0.3 is 5.97 Å². The van der Waals surface area contributed by atoms with Crippen molar-refractivity contribution in [2.24, 2.45) is 0 Å². The van der Waals surface area contributed by atoms with E-state index < -0.39 is 11.5 Å². The van der Waals surface area contributed by atoms with Crippen LogP contribution in [0.3, 0.4) is 0 Å². The van der Waals surface area contributed by atoms with E-state index >= 15 is 0 Å². The molecule has 1 unspecified atom stereocenters.